The summed E-state index contributed by atoms with van der Waals surface area (Å²) in [6.07, 6.45) is 6.49. The number of rotatable bonds is 7. The molecular formula is C57H45N. The van der Waals surface area contributed by atoms with E-state index in [4.69, 9.17) is 0 Å². The summed E-state index contributed by atoms with van der Waals surface area (Å²) in [6.45, 7) is 0. The van der Waals surface area contributed by atoms with Crippen molar-refractivity contribution in [2.75, 3.05) is 4.90 Å². The zero-order chi connectivity index (χ0) is 38.5. The lowest BCUT2D eigenvalue weighted by Crippen LogP contribution is -2.28. The highest BCUT2D eigenvalue weighted by Gasteiger charge is 2.46. The minimum absolute atomic E-state index is 0.501. The molecule has 9 aromatic rings. The van der Waals surface area contributed by atoms with Gasteiger partial charge in [-0.2, -0.15) is 0 Å². The third-order valence-corrected chi connectivity index (χ3v) is 13.1. The quantitative estimate of drug-likeness (QED) is 0.157. The van der Waals surface area contributed by atoms with Gasteiger partial charge in [0.05, 0.1) is 16.8 Å². The second-order valence-electron chi connectivity index (χ2n) is 16.2. The molecule has 0 atom stereocenters. The molecular weight excluding hydrogens is 699 g/mol. The Morgan fingerprint density at radius 2 is 0.966 bits per heavy atom. The van der Waals surface area contributed by atoms with Gasteiger partial charge in [-0.15, -0.1) is 0 Å². The first-order chi connectivity index (χ1) is 28.8. The smallest absolute Gasteiger partial charge is 0.0714 e. The van der Waals surface area contributed by atoms with Gasteiger partial charge in [-0.05, 0) is 104 Å². The third kappa shape index (κ3) is 5.45. The van der Waals surface area contributed by atoms with Gasteiger partial charge < -0.3 is 4.90 Å². The molecule has 0 bridgehead atoms. The highest BCUT2D eigenvalue weighted by molar-refractivity contribution is 6.06. The van der Waals surface area contributed by atoms with Crippen LogP contribution >= 0.6 is 0 Å². The molecule has 0 aliphatic heterocycles. The SMILES string of the molecule is c1ccc(C2(c3ccccc3)c3ccccc3-c3ccc(N(c4ccccc4-c4cccc5cccc(C6CCCCC6)c45)c4cccc5ccccc45)cc32)cc1. The summed E-state index contributed by atoms with van der Waals surface area (Å²) in [5.74, 6) is 0.586. The molecule has 2 aliphatic rings. The van der Waals surface area contributed by atoms with E-state index in [2.05, 4.69) is 211 Å². The molecule has 0 N–H and O–H groups in total. The number of hydrogen-bond donors (Lipinski definition) is 0. The first-order valence-electron chi connectivity index (χ1n) is 21.0. The number of fused-ring (bicyclic) bond motifs is 5. The Balaban J connectivity index is 1.20. The molecule has 0 radical (unpaired) electrons. The maximum atomic E-state index is 2.55. The Kier molecular flexibility index (Phi) is 8.55. The van der Waals surface area contributed by atoms with Crippen LogP contribution in [0.25, 0.3) is 43.8 Å². The van der Waals surface area contributed by atoms with Crippen LogP contribution in [-0.4, -0.2) is 0 Å². The molecule has 1 saturated carbocycles. The lowest BCUT2D eigenvalue weighted by molar-refractivity contribution is 0.445. The first kappa shape index (κ1) is 34.5. The number of hydrogen-bond acceptors (Lipinski definition) is 1. The molecule has 0 spiro atoms. The van der Waals surface area contributed by atoms with Gasteiger partial charge in [0.2, 0.25) is 0 Å². The summed E-state index contributed by atoms with van der Waals surface area (Å²) in [7, 11) is 0. The summed E-state index contributed by atoms with van der Waals surface area (Å²) in [6, 6.07) is 77.2. The Hall–Kier alpha value is -6.70. The van der Waals surface area contributed by atoms with Crippen molar-refractivity contribution in [3.8, 4) is 22.3 Å². The Morgan fingerprint density at radius 3 is 1.76 bits per heavy atom. The molecule has 1 fully saturated rings. The maximum absolute atomic E-state index is 2.55. The fourth-order valence-corrected chi connectivity index (χ4v) is 10.6. The molecule has 9 aromatic carbocycles. The largest absolute Gasteiger partial charge is 0.309 e. The molecule has 0 unspecified atom stereocenters. The van der Waals surface area contributed by atoms with Crippen molar-refractivity contribution < 1.29 is 0 Å². The predicted molar refractivity (Wildman–Crippen MR) is 245 cm³/mol. The lowest BCUT2D eigenvalue weighted by atomic mass is 9.67. The molecule has 0 amide bonds. The van der Waals surface area contributed by atoms with Crippen molar-refractivity contribution in [1.82, 2.24) is 0 Å². The van der Waals surface area contributed by atoms with Gasteiger partial charge in [0, 0.05) is 16.6 Å². The zero-order valence-electron chi connectivity index (χ0n) is 32.7. The van der Waals surface area contributed by atoms with Crippen LogP contribution in [0, 0.1) is 0 Å². The van der Waals surface area contributed by atoms with Gasteiger partial charge in [0.25, 0.3) is 0 Å². The minimum atomic E-state index is -0.501. The molecule has 58 heavy (non-hydrogen) atoms. The van der Waals surface area contributed by atoms with Crippen molar-refractivity contribution in [1.29, 1.82) is 0 Å². The normalized spacial score (nSPS) is 14.6. The second-order valence-corrected chi connectivity index (χ2v) is 16.2. The standard InChI is InChI=1S/C57H45N/c1-4-19-41(20-5-1)47-32-16-23-42-24-17-33-51(56(42)47)50-31-13-15-35-55(50)58(54-36-18-22-40-21-10-11-29-46(40)54)45-37-38-49-48-30-12-14-34-52(48)57(53(49)39-45,43-25-6-2-7-26-43)44-27-8-3-9-28-44/h2-3,6-18,21-39,41H,1,4-5,19-20H2. The Bertz CT molecular complexity index is 2890. The van der Waals surface area contributed by atoms with Crippen molar-refractivity contribution >= 4 is 38.6 Å². The van der Waals surface area contributed by atoms with E-state index in [0.717, 1.165) is 5.69 Å². The van der Waals surface area contributed by atoms with E-state index in [-0.39, 0.29) is 0 Å². The van der Waals surface area contributed by atoms with E-state index in [1.807, 2.05) is 0 Å². The average molecular weight is 744 g/mol. The highest BCUT2D eigenvalue weighted by atomic mass is 15.1. The molecule has 0 aromatic heterocycles. The molecule has 0 heterocycles. The van der Waals surface area contributed by atoms with E-state index >= 15 is 0 Å². The molecule has 1 nitrogen and oxygen atoms in total. The minimum Gasteiger partial charge on any atom is -0.309 e. The summed E-state index contributed by atoms with van der Waals surface area (Å²) in [5, 5.41) is 5.17. The number of anilines is 3. The molecule has 2 aliphatic carbocycles. The van der Waals surface area contributed by atoms with Crippen LogP contribution in [0.4, 0.5) is 17.1 Å². The van der Waals surface area contributed by atoms with E-state index in [1.54, 1.807) is 0 Å². The zero-order valence-corrected chi connectivity index (χ0v) is 32.7. The lowest BCUT2D eigenvalue weighted by Gasteiger charge is -2.35. The molecule has 278 valence electrons. The van der Waals surface area contributed by atoms with Gasteiger partial charge in [0.1, 0.15) is 0 Å². The Labute approximate surface area is 341 Å². The van der Waals surface area contributed by atoms with Crippen molar-refractivity contribution in [2.45, 2.75) is 43.4 Å². The van der Waals surface area contributed by atoms with Crippen LogP contribution in [0.3, 0.4) is 0 Å². The van der Waals surface area contributed by atoms with Crippen LogP contribution < -0.4 is 4.90 Å². The fraction of sp³-hybridized carbons (Fsp3) is 0.123. The second kappa shape index (κ2) is 14.4. The van der Waals surface area contributed by atoms with Gasteiger partial charge in [0.15, 0.2) is 0 Å². The summed E-state index contributed by atoms with van der Waals surface area (Å²) in [5.41, 5.74) is 14.8. The van der Waals surface area contributed by atoms with Gasteiger partial charge in [-0.1, -0.05) is 201 Å². The van der Waals surface area contributed by atoms with Crippen LogP contribution in [-0.2, 0) is 5.41 Å². The molecule has 11 rings (SSSR count). The maximum Gasteiger partial charge on any atom is 0.0714 e. The number of benzene rings is 9. The van der Waals surface area contributed by atoms with Gasteiger partial charge >= 0.3 is 0 Å². The van der Waals surface area contributed by atoms with Crippen molar-refractivity contribution in [3.63, 3.8) is 0 Å². The summed E-state index contributed by atoms with van der Waals surface area (Å²) >= 11 is 0. The average Bonchev–Trinajstić information content (AvgIpc) is 3.60. The van der Waals surface area contributed by atoms with E-state index in [9.17, 15) is 0 Å². The highest BCUT2D eigenvalue weighted by Crippen LogP contribution is 2.58. The van der Waals surface area contributed by atoms with E-state index < -0.39 is 5.41 Å². The van der Waals surface area contributed by atoms with Crippen LogP contribution in [0.1, 0.15) is 65.8 Å². The molecule has 0 saturated heterocycles. The van der Waals surface area contributed by atoms with Crippen LogP contribution in [0.15, 0.2) is 206 Å². The topological polar surface area (TPSA) is 3.24 Å². The summed E-state index contributed by atoms with van der Waals surface area (Å²) in [4.78, 5) is 2.55. The number of para-hydroxylation sites is 1. The molecule has 1 heteroatoms. The number of nitrogens with zero attached hydrogens (tertiary/aromatic N) is 1. The monoisotopic (exact) mass is 743 g/mol. The Morgan fingerprint density at radius 1 is 0.397 bits per heavy atom. The van der Waals surface area contributed by atoms with Crippen LogP contribution in [0.2, 0.25) is 0 Å². The third-order valence-electron chi connectivity index (χ3n) is 13.1. The van der Waals surface area contributed by atoms with Crippen molar-refractivity contribution in [3.05, 3.63) is 234 Å². The van der Waals surface area contributed by atoms with E-state index in [1.165, 1.54) is 115 Å². The first-order valence-corrected chi connectivity index (χ1v) is 21.0. The summed E-state index contributed by atoms with van der Waals surface area (Å²) < 4.78 is 0. The van der Waals surface area contributed by atoms with Crippen molar-refractivity contribution in [2.24, 2.45) is 0 Å². The van der Waals surface area contributed by atoms with Crippen LogP contribution in [0.5, 0.6) is 0 Å². The van der Waals surface area contributed by atoms with Gasteiger partial charge in [-0.3, -0.25) is 0 Å². The van der Waals surface area contributed by atoms with Gasteiger partial charge in [-0.25, -0.2) is 0 Å². The fourth-order valence-electron chi connectivity index (χ4n) is 10.6. The van der Waals surface area contributed by atoms with E-state index in [0.29, 0.717) is 5.92 Å². The predicted octanol–water partition coefficient (Wildman–Crippen LogP) is 15.5.